The summed E-state index contributed by atoms with van der Waals surface area (Å²) in [7, 11) is 2.27. The number of rotatable bonds is 4. The largest absolute Gasteiger partial charge is 0.351 e. The molecule has 0 bridgehead atoms. The van der Waals surface area contributed by atoms with Crippen molar-refractivity contribution in [1.82, 2.24) is 0 Å². The molecule has 0 saturated carbocycles. The van der Waals surface area contributed by atoms with Gasteiger partial charge in [-0.25, -0.2) is 0 Å². The molecule has 2 N–H and O–H groups in total. The zero-order chi connectivity index (χ0) is 8.20. The SMILES string of the molecule is COC(OC)C(F)(F)CN. The van der Waals surface area contributed by atoms with Crippen LogP contribution in [-0.4, -0.2) is 33.0 Å². The molecule has 0 heterocycles. The molecule has 0 aliphatic carbocycles. The van der Waals surface area contributed by atoms with Crippen molar-refractivity contribution in [2.45, 2.75) is 12.2 Å². The predicted octanol–water partition coefficient (Wildman–Crippen LogP) is 0.199. The highest BCUT2D eigenvalue weighted by Gasteiger charge is 2.38. The number of halogens is 2. The lowest BCUT2D eigenvalue weighted by Crippen LogP contribution is -2.42. The van der Waals surface area contributed by atoms with Crippen LogP contribution in [0.15, 0.2) is 0 Å². The Morgan fingerprint density at radius 1 is 1.40 bits per heavy atom. The molecule has 62 valence electrons. The lowest BCUT2D eigenvalue weighted by molar-refractivity contribution is -0.230. The van der Waals surface area contributed by atoms with E-state index in [-0.39, 0.29) is 0 Å². The molecule has 0 saturated heterocycles. The van der Waals surface area contributed by atoms with Crippen molar-refractivity contribution in [2.24, 2.45) is 5.73 Å². The first kappa shape index (κ1) is 9.74. The van der Waals surface area contributed by atoms with Crippen molar-refractivity contribution < 1.29 is 18.3 Å². The molecule has 0 fully saturated rings. The van der Waals surface area contributed by atoms with Gasteiger partial charge >= 0.3 is 5.92 Å². The van der Waals surface area contributed by atoms with Gasteiger partial charge in [-0.05, 0) is 0 Å². The van der Waals surface area contributed by atoms with E-state index >= 15 is 0 Å². The maximum atomic E-state index is 12.4. The molecule has 0 atom stereocenters. The first-order valence-corrected chi connectivity index (χ1v) is 2.72. The van der Waals surface area contributed by atoms with E-state index in [4.69, 9.17) is 5.73 Å². The summed E-state index contributed by atoms with van der Waals surface area (Å²) in [6, 6.07) is 0. The minimum atomic E-state index is -3.11. The highest BCUT2D eigenvalue weighted by molar-refractivity contribution is 4.70. The van der Waals surface area contributed by atoms with Gasteiger partial charge in [0.1, 0.15) is 0 Å². The van der Waals surface area contributed by atoms with E-state index in [0.29, 0.717) is 0 Å². The van der Waals surface area contributed by atoms with E-state index < -0.39 is 18.8 Å². The van der Waals surface area contributed by atoms with E-state index in [1.165, 1.54) is 0 Å². The molecule has 0 aliphatic heterocycles. The van der Waals surface area contributed by atoms with Crippen LogP contribution in [0, 0.1) is 0 Å². The van der Waals surface area contributed by atoms with Gasteiger partial charge in [-0.15, -0.1) is 0 Å². The van der Waals surface area contributed by atoms with E-state index in [1.807, 2.05) is 0 Å². The van der Waals surface area contributed by atoms with Gasteiger partial charge in [0.15, 0.2) is 0 Å². The van der Waals surface area contributed by atoms with Crippen LogP contribution in [0.2, 0.25) is 0 Å². The quantitative estimate of drug-likeness (QED) is 0.590. The van der Waals surface area contributed by atoms with Crippen molar-refractivity contribution in [3.63, 3.8) is 0 Å². The van der Waals surface area contributed by atoms with Gasteiger partial charge in [0.2, 0.25) is 6.29 Å². The zero-order valence-electron chi connectivity index (χ0n) is 5.93. The lowest BCUT2D eigenvalue weighted by Gasteiger charge is -2.22. The van der Waals surface area contributed by atoms with Crippen LogP contribution in [-0.2, 0) is 9.47 Å². The number of hydrogen-bond donors (Lipinski definition) is 1. The fourth-order valence-electron chi connectivity index (χ4n) is 0.537. The second kappa shape index (κ2) is 3.80. The standard InChI is InChI=1S/C5H11F2NO2/c1-9-4(10-2)5(6,7)3-8/h4H,3,8H2,1-2H3. The fourth-order valence-corrected chi connectivity index (χ4v) is 0.537. The first-order chi connectivity index (χ1) is 4.58. The molecule has 5 heteroatoms. The van der Waals surface area contributed by atoms with E-state index in [0.717, 1.165) is 14.2 Å². The normalized spacial score (nSPS) is 12.6. The second-order valence-corrected chi connectivity index (χ2v) is 1.77. The Bertz CT molecular complexity index is 95.6. The van der Waals surface area contributed by atoms with Crippen LogP contribution in [0.25, 0.3) is 0 Å². The smallest absolute Gasteiger partial charge is 0.309 e. The highest BCUT2D eigenvalue weighted by Crippen LogP contribution is 2.19. The van der Waals surface area contributed by atoms with Crippen molar-refractivity contribution in [2.75, 3.05) is 20.8 Å². The summed E-state index contributed by atoms with van der Waals surface area (Å²) in [6.07, 6.45) is -1.54. The summed E-state index contributed by atoms with van der Waals surface area (Å²) in [4.78, 5) is 0. The predicted molar refractivity (Wildman–Crippen MR) is 31.8 cm³/mol. The second-order valence-electron chi connectivity index (χ2n) is 1.77. The number of ether oxygens (including phenoxy) is 2. The third-order valence-electron chi connectivity index (χ3n) is 1.05. The lowest BCUT2D eigenvalue weighted by atomic mass is 10.3. The van der Waals surface area contributed by atoms with E-state index in [2.05, 4.69) is 9.47 Å². The maximum absolute atomic E-state index is 12.4. The monoisotopic (exact) mass is 155 g/mol. The zero-order valence-corrected chi connectivity index (χ0v) is 5.93. The first-order valence-electron chi connectivity index (χ1n) is 2.72. The van der Waals surface area contributed by atoms with Gasteiger partial charge in [-0.1, -0.05) is 0 Å². The minimum Gasteiger partial charge on any atom is -0.351 e. The molecule has 0 aromatic rings. The number of methoxy groups -OCH3 is 2. The Kier molecular flexibility index (Phi) is 3.70. The van der Waals surface area contributed by atoms with Gasteiger partial charge in [0.05, 0.1) is 6.54 Å². The van der Waals surface area contributed by atoms with E-state index in [9.17, 15) is 8.78 Å². The van der Waals surface area contributed by atoms with Crippen LogP contribution in [0.4, 0.5) is 8.78 Å². The molecule has 0 amide bonds. The third kappa shape index (κ3) is 2.17. The fraction of sp³-hybridized carbons (Fsp3) is 1.00. The van der Waals surface area contributed by atoms with Gasteiger partial charge in [0.25, 0.3) is 0 Å². The summed E-state index contributed by atoms with van der Waals surface area (Å²) >= 11 is 0. The van der Waals surface area contributed by atoms with Crippen molar-refractivity contribution in [3.05, 3.63) is 0 Å². The molecule has 0 spiro atoms. The summed E-state index contributed by atoms with van der Waals surface area (Å²) in [5.41, 5.74) is 4.75. The molecular formula is C5H11F2NO2. The van der Waals surface area contributed by atoms with Crippen LogP contribution < -0.4 is 5.73 Å². The van der Waals surface area contributed by atoms with Gasteiger partial charge < -0.3 is 15.2 Å². The summed E-state index contributed by atoms with van der Waals surface area (Å²) < 4.78 is 33.5. The molecule has 10 heavy (non-hydrogen) atoms. The molecule has 0 aliphatic rings. The summed E-state index contributed by atoms with van der Waals surface area (Å²) in [6.45, 7) is -0.778. The highest BCUT2D eigenvalue weighted by atomic mass is 19.3. The Labute approximate surface area is 58.1 Å². The van der Waals surface area contributed by atoms with Gasteiger partial charge in [-0.3, -0.25) is 0 Å². The molecule has 0 unspecified atom stereocenters. The average Bonchev–Trinajstić information content (AvgIpc) is 1.90. The number of hydrogen-bond acceptors (Lipinski definition) is 3. The average molecular weight is 155 g/mol. The molecule has 3 nitrogen and oxygen atoms in total. The van der Waals surface area contributed by atoms with Crippen LogP contribution in [0.5, 0.6) is 0 Å². The topological polar surface area (TPSA) is 44.5 Å². The molecule has 0 aromatic carbocycles. The molecule has 0 rings (SSSR count). The summed E-state index contributed by atoms with van der Waals surface area (Å²) in [5.74, 6) is -3.11. The van der Waals surface area contributed by atoms with Crippen LogP contribution in [0.1, 0.15) is 0 Å². The Morgan fingerprint density at radius 3 is 1.90 bits per heavy atom. The van der Waals surface area contributed by atoms with Gasteiger partial charge in [0, 0.05) is 14.2 Å². The van der Waals surface area contributed by atoms with Crippen LogP contribution in [0.3, 0.4) is 0 Å². The Balaban J connectivity index is 3.97. The van der Waals surface area contributed by atoms with Gasteiger partial charge in [-0.2, -0.15) is 8.78 Å². The Hall–Kier alpha value is -0.260. The van der Waals surface area contributed by atoms with Crippen LogP contribution >= 0.6 is 0 Å². The number of alkyl halides is 2. The molecular weight excluding hydrogens is 144 g/mol. The molecule has 0 radical (unpaired) electrons. The maximum Gasteiger partial charge on any atom is 0.309 e. The van der Waals surface area contributed by atoms with E-state index in [1.54, 1.807) is 0 Å². The molecule has 0 aromatic heterocycles. The van der Waals surface area contributed by atoms with Crippen molar-refractivity contribution in [1.29, 1.82) is 0 Å². The Morgan fingerprint density at radius 2 is 1.80 bits per heavy atom. The minimum absolute atomic E-state index is 0.778. The summed E-state index contributed by atoms with van der Waals surface area (Å²) in [5, 5.41) is 0. The van der Waals surface area contributed by atoms with Crippen molar-refractivity contribution in [3.8, 4) is 0 Å². The number of nitrogens with two attached hydrogens (primary N) is 1. The van der Waals surface area contributed by atoms with Crippen molar-refractivity contribution >= 4 is 0 Å². The third-order valence-corrected chi connectivity index (χ3v) is 1.05.